The van der Waals surface area contributed by atoms with Gasteiger partial charge < -0.3 is 10.6 Å². The number of benzene rings is 2. The lowest BCUT2D eigenvalue weighted by Crippen LogP contribution is -2.29. The van der Waals surface area contributed by atoms with E-state index in [4.69, 9.17) is 6.57 Å². The van der Waals surface area contributed by atoms with E-state index in [9.17, 15) is 14.0 Å². The number of halogens is 1. The zero-order valence-electron chi connectivity index (χ0n) is 18.4. The largest absolute Gasteiger partial charge is 0.347 e. The highest BCUT2D eigenvalue weighted by Gasteiger charge is 2.16. The van der Waals surface area contributed by atoms with Crippen LogP contribution < -0.4 is 10.6 Å². The summed E-state index contributed by atoms with van der Waals surface area (Å²) in [5, 5.41) is 19.2. The second-order valence-electron chi connectivity index (χ2n) is 7.42. The zero-order chi connectivity index (χ0) is 24.8. The maximum Gasteiger partial charge on any atom is 0.270 e. The van der Waals surface area contributed by atoms with Gasteiger partial charge >= 0.3 is 0 Å². The predicted octanol–water partition coefficient (Wildman–Crippen LogP) is 2.77. The molecule has 0 unspecified atom stereocenters. The van der Waals surface area contributed by atoms with E-state index in [1.807, 2.05) is 31.2 Å². The monoisotopic (exact) mass is 471 g/mol. The van der Waals surface area contributed by atoms with Gasteiger partial charge in [0.2, 0.25) is 11.5 Å². The first-order valence-corrected chi connectivity index (χ1v) is 10.4. The number of H-pyrrole nitrogens is 1. The third-order valence-electron chi connectivity index (χ3n) is 5.08. The minimum atomic E-state index is -0.626. The minimum absolute atomic E-state index is 0.00483. The molecular weight excluding hydrogens is 453 g/mol. The molecule has 2 heterocycles. The van der Waals surface area contributed by atoms with Crippen LogP contribution in [0, 0.1) is 12.4 Å². The SMILES string of the molecule is [C-]#[N+]c1cc(CNC(=O)c2cc(C(=O)N[C@@H](C)c3ccc(-c4nn[nH]n4)cc3)ncn2)ccc1F. The van der Waals surface area contributed by atoms with Gasteiger partial charge in [0, 0.05) is 18.2 Å². The highest BCUT2D eigenvalue weighted by atomic mass is 19.1. The Hall–Kier alpha value is -5.05. The van der Waals surface area contributed by atoms with E-state index in [0.717, 1.165) is 17.5 Å². The number of carbonyl (C=O) groups is 2. The molecule has 12 heteroatoms. The smallest absolute Gasteiger partial charge is 0.270 e. The molecule has 0 radical (unpaired) electrons. The second kappa shape index (κ2) is 10.3. The molecule has 35 heavy (non-hydrogen) atoms. The molecule has 11 nitrogen and oxygen atoms in total. The summed E-state index contributed by atoms with van der Waals surface area (Å²) in [7, 11) is 0. The second-order valence-corrected chi connectivity index (χ2v) is 7.42. The van der Waals surface area contributed by atoms with Gasteiger partial charge in [-0.2, -0.15) is 5.21 Å². The molecule has 0 aliphatic heterocycles. The van der Waals surface area contributed by atoms with Crippen molar-refractivity contribution in [2.75, 3.05) is 0 Å². The number of hydrogen-bond donors (Lipinski definition) is 3. The van der Waals surface area contributed by atoms with Gasteiger partial charge in [0.1, 0.15) is 23.5 Å². The van der Waals surface area contributed by atoms with Crippen LogP contribution in [-0.2, 0) is 6.54 Å². The summed E-state index contributed by atoms with van der Waals surface area (Å²) in [6.45, 7) is 8.85. The fourth-order valence-corrected chi connectivity index (χ4v) is 3.19. The zero-order valence-corrected chi connectivity index (χ0v) is 18.4. The Labute approximate surface area is 198 Å². The first-order chi connectivity index (χ1) is 16.9. The van der Waals surface area contributed by atoms with Crippen molar-refractivity contribution in [2.45, 2.75) is 19.5 Å². The third-order valence-corrected chi connectivity index (χ3v) is 5.08. The Bertz CT molecular complexity index is 1400. The Morgan fingerprint density at radius 3 is 2.51 bits per heavy atom. The quantitative estimate of drug-likeness (QED) is 0.352. The van der Waals surface area contributed by atoms with Gasteiger partial charge in [0.25, 0.3) is 11.8 Å². The van der Waals surface area contributed by atoms with E-state index in [-0.39, 0.29) is 29.7 Å². The van der Waals surface area contributed by atoms with Gasteiger partial charge in [-0.1, -0.05) is 30.3 Å². The van der Waals surface area contributed by atoms with Crippen LogP contribution in [0.1, 0.15) is 45.1 Å². The fraction of sp³-hybridized carbons (Fsp3) is 0.130. The summed E-state index contributed by atoms with van der Waals surface area (Å²) >= 11 is 0. The van der Waals surface area contributed by atoms with Crippen molar-refractivity contribution >= 4 is 17.5 Å². The summed E-state index contributed by atoms with van der Waals surface area (Å²) in [5.41, 5.74) is 2.06. The normalized spacial score (nSPS) is 11.3. The Balaban J connectivity index is 1.38. The molecule has 3 N–H and O–H groups in total. The van der Waals surface area contributed by atoms with E-state index < -0.39 is 17.6 Å². The molecule has 0 aliphatic carbocycles. The molecule has 0 bridgehead atoms. The molecule has 0 aliphatic rings. The topological polar surface area (TPSA) is 143 Å². The number of carbonyl (C=O) groups excluding carboxylic acids is 2. The highest BCUT2D eigenvalue weighted by Crippen LogP contribution is 2.20. The van der Waals surface area contributed by atoms with Crippen LogP contribution in [0.4, 0.5) is 10.1 Å². The average Bonchev–Trinajstić information content (AvgIpc) is 3.43. The van der Waals surface area contributed by atoms with Gasteiger partial charge in [-0.05, 0) is 35.4 Å². The number of rotatable bonds is 7. The number of tetrazole rings is 1. The van der Waals surface area contributed by atoms with Gasteiger partial charge in [0.15, 0.2) is 0 Å². The van der Waals surface area contributed by atoms with E-state index in [0.29, 0.717) is 11.4 Å². The van der Waals surface area contributed by atoms with Gasteiger partial charge in [-0.15, -0.1) is 10.2 Å². The number of aromatic amines is 1. The Morgan fingerprint density at radius 2 is 1.83 bits per heavy atom. The average molecular weight is 471 g/mol. The summed E-state index contributed by atoms with van der Waals surface area (Å²) in [5.74, 6) is -1.18. The first-order valence-electron chi connectivity index (χ1n) is 10.4. The van der Waals surface area contributed by atoms with Gasteiger partial charge in [0.05, 0.1) is 12.6 Å². The van der Waals surface area contributed by atoms with Crippen molar-refractivity contribution in [3.63, 3.8) is 0 Å². The molecule has 2 aromatic carbocycles. The van der Waals surface area contributed by atoms with Crippen molar-refractivity contribution in [1.29, 1.82) is 0 Å². The summed E-state index contributed by atoms with van der Waals surface area (Å²) in [6.07, 6.45) is 1.13. The minimum Gasteiger partial charge on any atom is -0.347 e. The molecule has 0 saturated heterocycles. The van der Waals surface area contributed by atoms with Crippen LogP contribution in [0.3, 0.4) is 0 Å². The number of amides is 2. The number of nitrogens with zero attached hydrogens (tertiary/aromatic N) is 6. The van der Waals surface area contributed by atoms with E-state index >= 15 is 0 Å². The molecule has 4 rings (SSSR count). The van der Waals surface area contributed by atoms with Crippen LogP contribution in [0.2, 0.25) is 0 Å². The van der Waals surface area contributed by atoms with Crippen LogP contribution >= 0.6 is 0 Å². The van der Waals surface area contributed by atoms with Gasteiger partial charge in [-0.3, -0.25) is 9.59 Å². The third kappa shape index (κ3) is 5.48. The van der Waals surface area contributed by atoms with Crippen LogP contribution in [0.5, 0.6) is 0 Å². The fourth-order valence-electron chi connectivity index (χ4n) is 3.19. The first kappa shape index (κ1) is 23.1. The molecule has 1 atom stereocenters. The molecule has 0 saturated carbocycles. The van der Waals surface area contributed by atoms with Crippen molar-refractivity contribution in [2.24, 2.45) is 0 Å². The van der Waals surface area contributed by atoms with Crippen molar-refractivity contribution in [1.82, 2.24) is 41.2 Å². The van der Waals surface area contributed by atoms with Crippen LogP contribution in [0.25, 0.3) is 16.2 Å². The predicted molar refractivity (Wildman–Crippen MR) is 121 cm³/mol. The molecule has 174 valence electrons. The maximum absolute atomic E-state index is 13.5. The molecule has 0 spiro atoms. The number of nitrogens with one attached hydrogen (secondary N) is 3. The maximum atomic E-state index is 13.5. The number of aromatic nitrogens is 6. The molecule has 0 fully saturated rings. The Kier molecular flexibility index (Phi) is 6.78. The molecular formula is C23H18FN9O2. The lowest BCUT2D eigenvalue weighted by atomic mass is 10.1. The summed E-state index contributed by atoms with van der Waals surface area (Å²) in [4.78, 5) is 36.2. The van der Waals surface area contributed by atoms with Gasteiger partial charge in [-0.25, -0.2) is 19.2 Å². The van der Waals surface area contributed by atoms with Crippen molar-refractivity contribution < 1.29 is 14.0 Å². The van der Waals surface area contributed by atoms with Crippen LogP contribution in [0.15, 0.2) is 54.9 Å². The van der Waals surface area contributed by atoms with E-state index in [1.54, 1.807) is 0 Å². The van der Waals surface area contributed by atoms with Crippen molar-refractivity contribution in [3.05, 3.63) is 94.6 Å². The lowest BCUT2D eigenvalue weighted by Gasteiger charge is -2.14. The standard InChI is InChI=1S/C23H18FN9O2/c1-13(15-4-6-16(7-5-15)21-30-32-33-31-21)29-23(35)20-10-19(27-12-28-20)22(34)26-11-14-3-8-17(24)18(9-14)25-2/h3-10,12-13H,11H2,1H3,(H,26,34)(H,29,35)(H,30,31,32,33)/t13-/m0/s1. The number of hydrogen-bond acceptors (Lipinski definition) is 7. The lowest BCUT2D eigenvalue weighted by molar-refractivity contribution is 0.0934. The molecule has 4 aromatic rings. The summed E-state index contributed by atoms with van der Waals surface area (Å²) in [6, 6.07) is 12.2. The van der Waals surface area contributed by atoms with E-state index in [2.05, 4.69) is 46.1 Å². The summed E-state index contributed by atoms with van der Waals surface area (Å²) < 4.78 is 13.5. The highest BCUT2D eigenvalue weighted by molar-refractivity contribution is 5.97. The Morgan fingerprint density at radius 1 is 1.09 bits per heavy atom. The van der Waals surface area contributed by atoms with Crippen LogP contribution in [-0.4, -0.2) is 42.4 Å². The van der Waals surface area contributed by atoms with E-state index in [1.165, 1.54) is 24.3 Å². The molecule has 2 aromatic heterocycles. The molecule has 2 amide bonds. The van der Waals surface area contributed by atoms with Crippen molar-refractivity contribution in [3.8, 4) is 11.4 Å².